The van der Waals surface area contributed by atoms with Crippen LogP contribution in [0.2, 0.25) is 0 Å². The average Bonchev–Trinajstić information content (AvgIpc) is 2.26. The van der Waals surface area contributed by atoms with E-state index in [0.29, 0.717) is 11.8 Å². The number of hydrogen-bond acceptors (Lipinski definition) is 1. The highest BCUT2D eigenvalue weighted by atomic mass is 32.4. The third-order valence-electron chi connectivity index (χ3n) is 2.69. The fraction of sp³-hybridized carbons (Fsp3) is 0.500. The van der Waals surface area contributed by atoms with Crippen LogP contribution in [0.4, 0.5) is 0 Å². The Morgan fingerprint density at radius 1 is 1.00 bits per heavy atom. The molecular weight excluding hydrogens is 255 g/mol. The van der Waals surface area contributed by atoms with E-state index in [1.807, 2.05) is 0 Å². The first-order valence-electron chi connectivity index (χ1n) is 6.73. The van der Waals surface area contributed by atoms with E-state index in [0.717, 1.165) is 0 Å². The van der Waals surface area contributed by atoms with Crippen LogP contribution in [0, 0.1) is 11.8 Å². The van der Waals surface area contributed by atoms with Crippen molar-refractivity contribution in [2.24, 2.45) is 11.8 Å². The topological polar surface area (TPSA) is 0 Å². The second kappa shape index (κ2) is 7.26. The molecular formula is C16H25PS. The molecule has 0 saturated heterocycles. The zero-order chi connectivity index (χ0) is 13.6. The highest BCUT2D eigenvalue weighted by Gasteiger charge is 2.16. The Labute approximate surface area is 118 Å². The fourth-order valence-corrected chi connectivity index (χ4v) is 7.50. The van der Waals surface area contributed by atoms with Crippen LogP contribution in [0.3, 0.4) is 0 Å². The van der Waals surface area contributed by atoms with Gasteiger partial charge in [0.1, 0.15) is 0 Å². The molecule has 1 aromatic rings. The van der Waals surface area contributed by atoms with Crippen LogP contribution in [-0.4, -0.2) is 12.3 Å². The maximum atomic E-state index is 5.98. The molecule has 1 aromatic carbocycles. The SMILES string of the molecule is CC(C)CP(=S)(/C=C/c1ccccc1)CC(C)C. The van der Waals surface area contributed by atoms with Crippen LogP contribution in [0.5, 0.6) is 0 Å². The summed E-state index contributed by atoms with van der Waals surface area (Å²) in [5.41, 5.74) is 1.26. The summed E-state index contributed by atoms with van der Waals surface area (Å²) in [6.45, 7) is 9.10. The van der Waals surface area contributed by atoms with Gasteiger partial charge in [0.25, 0.3) is 0 Å². The Morgan fingerprint density at radius 2 is 1.50 bits per heavy atom. The van der Waals surface area contributed by atoms with Crippen LogP contribution in [0.25, 0.3) is 6.08 Å². The largest absolute Gasteiger partial charge is 0.0931 e. The highest BCUT2D eigenvalue weighted by molar-refractivity contribution is 8.16. The third-order valence-corrected chi connectivity index (χ3v) is 7.34. The Balaban J connectivity index is 2.84. The van der Waals surface area contributed by atoms with E-state index in [-0.39, 0.29) is 0 Å². The van der Waals surface area contributed by atoms with Crippen molar-refractivity contribution in [1.29, 1.82) is 0 Å². The van der Waals surface area contributed by atoms with Gasteiger partial charge in [-0.2, -0.15) is 0 Å². The van der Waals surface area contributed by atoms with E-state index < -0.39 is 6.04 Å². The van der Waals surface area contributed by atoms with Gasteiger partial charge in [0.05, 0.1) is 0 Å². The lowest BCUT2D eigenvalue weighted by Crippen LogP contribution is -2.04. The summed E-state index contributed by atoms with van der Waals surface area (Å²) in [5.74, 6) is 3.72. The lowest BCUT2D eigenvalue weighted by molar-refractivity contribution is 0.720. The Hall–Kier alpha value is -0.390. The van der Waals surface area contributed by atoms with Crippen LogP contribution in [-0.2, 0) is 11.8 Å². The molecule has 0 saturated carbocycles. The lowest BCUT2D eigenvalue weighted by Gasteiger charge is -2.22. The van der Waals surface area contributed by atoms with Crippen molar-refractivity contribution in [1.82, 2.24) is 0 Å². The van der Waals surface area contributed by atoms with Gasteiger partial charge in [-0.15, -0.1) is 0 Å². The fourth-order valence-electron chi connectivity index (χ4n) is 2.22. The molecule has 0 aliphatic rings. The van der Waals surface area contributed by atoms with Gasteiger partial charge in [0, 0.05) is 0 Å². The molecule has 0 unspecified atom stereocenters. The summed E-state index contributed by atoms with van der Waals surface area (Å²) in [6.07, 6.45) is 4.60. The van der Waals surface area contributed by atoms with Crippen LogP contribution < -0.4 is 0 Å². The molecule has 100 valence electrons. The van der Waals surface area contributed by atoms with Crippen LogP contribution in [0.15, 0.2) is 36.1 Å². The zero-order valence-electron chi connectivity index (χ0n) is 12.0. The standard InChI is InChI=1S/C16H25PS/c1-14(2)12-17(18,13-15(3)4)11-10-16-8-6-5-7-9-16/h5-11,14-15H,12-13H2,1-4H3/b11-10+. The molecule has 0 nitrogen and oxygen atoms in total. The highest BCUT2D eigenvalue weighted by Crippen LogP contribution is 2.51. The number of rotatable bonds is 6. The Morgan fingerprint density at radius 3 is 1.94 bits per heavy atom. The van der Waals surface area contributed by atoms with Gasteiger partial charge in [-0.25, -0.2) is 0 Å². The number of benzene rings is 1. The van der Waals surface area contributed by atoms with E-state index in [1.54, 1.807) is 0 Å². The van der Waals surface area contributed by atoms with E-state index in [2.05, 4.69) is 69.9 Å². The Kier molecular flexibility index (Phi) is 6.32. The average molecular weight is 280 g/mol. The number of hydrogen-bond donors (Lipinski definition) is 0. The quantitative estimate of drug-likeness (QED) is 0.624. The molecule has 0 aromatic heterocycles. The van der Waals surface area contributed by atoms with E-state index in [1.165, 1.54) is 17.9 Å². The molecule has 18 heavy (non-hydrogen) atoms. The van der Waals surface area contributed by atoms with Crippen LogP contribution >= 0.6 is 6.04 Å². The van der Waals surface area contributed by atoms with Gasteiger partial charge >= 0.3 is 0 Å². The molecule has 0 aliphatic heterocycles. The molecule has 0 bridgehead atoms. The van der Waals surface area contributed by atoms with Crippen molar-refractivity contribution in [3.05, 3.63) is 41.7 Å². The molecule has 0 atom stereocenters. The smallest absolute Gasteiger partial charge is 0.0179 e. The summed E-state index contributed by atoms with van der Waals surface area (Å²) in [6, 6.07) is 9.14. The minimum absolute atomic E-state index is 0.690. The second-order valence-electron chi connectivity index (χ2n) is 5.83. The van der Waals surface area contributed by atoms with Crippen molar-refractivity contribution in [2.45, 2.75) is 27.7 Å². The molecule has 0 amide bonds. The van der Waals surface area contributed by atoms with Gasteiger partial charge in [-0.3, -0.25) is 0 Å². The minimum Gasteiger partial charge on any atom is -0.0931 e. The van der Waals surface area contributed by atoms with Crippen molar-refractivity contribution in [3.63, 3.8) is 0 Å². The predicted molar refractivity (Wildman–Crippen MR) is 89.2 cm³/mol. The van der Waals surface area contributed by atoms with Crippen molar-refractivity contribution < 1.29 is 0 Å². The normalized spacial score (nSPS) is 12.8. The molecule has 0 heterocycles. The maximum absolute atomic E-state index is 5.98. The summed E-state index contributed by atoms with van der Waals surface area (Å²) < 4.78 is 0. The first-order chi connectivity index (χ1) is 8.41. The molecule has 0 spiro atoms. The molecule has 0 fully saturated rings. The second-order valence-corrected chi connectivity index (χ2v) is 10.9. The minimum atomic E-state index is -1.34. The lowest BCUT2D eigenvalue weighted by atomic mass is 10.2. The van der Waals surface area contributed by atoms with E-state index in [4.69, 9.17) is 11.8 Å². The zero-order valence-corrected chi connectivity index (χ0v) is 13.7. The first-order valence-corrected chi connectivity index (χ1v) is 9.97. The van der Waals surface area contributed by atoms with Gasteiger partial charge in [-0.1, -0.05) is 81.7 Å². The monoisotopic (exact) mass is 280 g/mol. The summed E-state index contributed by atoms with van der Waals surface area (Å²) >= 11 is 5.98. The third kappa shape index (κ3) is 5.98. The van der Waals surface area contributed by atoms with Crippen LogP contribution in [0.1, 0.15) is 33.3 Å². The molecule has 1 rings (SSSR count). The van der Waals surface area contributed by atoms with Crippen molar-refractivity contribution >= 4 is 23.9 Å². The Bertz CT molecular complexity index is 404. The summed E-state index contributed by atoms with van der Waals surface area (Å²) in [4.78, 5) is 0. The van der Waals surface area contributed by atoms with Crippen molar-refractivity contribution in [2.75, 3.05) is 12.3 Å². The van der Waals surface area contributed by atoms with Gasteiger partial charge in [-0.05, 0) is 35.8 Å². The summed E-state index contributed by atoms with van der Waals surface area (Å²) in [7, 11) is 0. The van der Waals surface area contributed by atoms with Gasteiger partial charge in [0.2, 0.25) is 0 Å². The summed E-state index contributed by atoms with van der Waals surface area (Å²) in [5, 5.41) is 0. The van der Waals surface area contributed by atoms with Gasteiger partial charge < -0.3 is 0 Å². The first kappa shape index (κ1) is 15.7. The van der Waals surface area contributed by atoms with Crippen molar-refractivity contribution in [3.8, 4) is 0 Å². The predicted octanol–water partition coefficient (Wildman–Crippen LogP) is 5.45. The molecule has 0 N–H and O–H groups in total. The van der Waals surface area contributed by atoms with E-state index >= 15 is 0 Å². The molecule has 2 heteroatoms. The van der Waals surface area contributed by atoms with E-state index in [9.17, 15) is 0 Å². The van der Waals surface area contributed by atoms with Gasteiger partial charge in [0.15, 0.2) is 0 Å². The maximum Gasteiger partial charge on any atom is -0.0179 e. The molecule has 0 aliphatic carbocycles. The molecule has 0 radical (unpaired) electrons.